The molecule has 3 N–H and O–H groups in total. The van der Waals surface area contributed by atoms with Gasteiger partial charge in [0.25, 0.3) is 5.91 Å². The summed E-state index contributed by atoms with van der Waals surface area (Å²) in [5.74, 6) is 0.821. The van der Waals surface area contributed by atoms with Gasteiger partial charge in [0, 0.05) is 12.1 Å². The van der Waals surface area contributed by atoms with Gasteiger partial charge in [0.1, 0.15) is 5.82 Å². The van der Waals surface area contributed by atoms with E-state index in [1.807, 2.05) is 0 Å². The minimum atomic E-state index is -0.457. The van der Waals surface area contributed by atoms with E-state index in [4.69, 9.17) is 5.73 Å². The predicted octanol–water partition coefficient (Wildman–Crippen LogP) is 1.88. The zero-order valence-electron chi connectivity index (χ0n) is 9.89. The fourth-order valence-electron chi connectivity index (χ4n) is 2.37. The van der Waals surface area contributed by atoms with Crippen LogP contribution < -0.4 is 5.73 Å². The Morgan fingerprint density at radius 3 is 3.06 bits per heavy atom. The lowest BCUT2D eigenvalue weighted by atomic mass is 9.94. The molecule has 1 aliphatic rings. The van der Waals surface area contributed by atoms with E-state index >= 15 is 0 Å². The number of carbonyl (C=O) groups is 1. The van der Waals surface area contributed by atoms with Crippen LogP contribution in [-0.4, -0.2) is 20.9 Å². The number of imidazole rings is 1. The molecule has 2 aromatic rings. The van der Waals surface area contributed by atoms with Crippen molar-refractivity contribution in [2.75, 3.05) is 0 Å². The van der Waals surface area contributed by atoms with Crippen LogP contribution in [0.5, 0.6) is 0 Å². The molecular formula is C13H14N4O. The second-order valence-corrected chi connectivity index (χ2v) is 4.52. The number of aromatic nitrogens is 3. The van der Waals surface area contributed by atoms with E-state index in [1.165, 1.54) is 0 Å². The monoisotopic (exact) mass is 242 g/mol. The van der Waals surface area contributed by atoms with Gasteiger partial charge in [-0.05, 0) is 25.3 Å². The lowest BCUT2D eigenvalue weighted by Crippen LogP contribution is -2.11. The van der Waals surface area contributed by atoms with Crippen molar-refractivity contribution in [3.63, 3.8) is 0 Å². The Bertz CT molecular complexity index is 629. The first-order valence-corrected chi connectivity index (χ1v) is 6.05. The normalized spacial score (nSPS) is 19.2. The Morgan fingerprint density at radius 1 is 1.44 bits per heavy atom. The predicted molar refractivity (Wildman–Crippen MR) is 68.1 cm³/mol. The van der Waals surface area contributed by atoms with Crippen LogP contribution in [0, 0.1) is 0 Å². The second kappa shape index (κ2) is 4.25. The zero-order chi connectivity index (χ0) is 12.5. The summed E-state index contributed by atoms with van der Waals surface area (Å²) in [6.45, 7) is 0. The largest absolute Gasteiger partial charge is 0.366 e. The smallest absolute Gasteiger partial charge is 0.251 e. The summed E-state index contributed by atoms with van der Waals surface area (Å²) in [6.07, 6.45) is 9.04. The van der Waals surface area contributed by atoms with Gasteiger partial charge in [-0.1, -0.05) is 12.2 Å². The summed E-state index contributed by atoms with van der Waals surface area (Å²) in [6, 6.07) is 1.62. The number of hydrogen-bond acceptors (Lipinski definition) is 3. The molecule has 18 heavy (non-hydrogen) atoms. The van der Waals surface area contributed by atoms with Crippen LogP contribution in [0.25, 0.3) is 11.2 Å². The molecule has 0 aromatic carbocycles. The van der Waals surface area contributed by atoms with Crippen LogP contribution in [0.1, 0.15) is 41.4 Å². The fraction of sp³-hybridized carbons (Fsp3) is 0.308. The molecule has 5 heteroatoms. The molecule has 1 atom stereocenters. The van der Waals surface area contributed by atoms with Gasteiger partial charge < -0.3 is 10.7 Å². The molecule has 0 saturated carbocycles. The lowest BCUT2D eigenvalue weighted by molar-refractivity contribution is 0.100. The number of fused-ring (bicyclic) bond motifs is 1. The van der Waals surface area contributed by atoms with Crippen molar-refractivity contribution in [2.24, 2.45) is 5.73 Å². The summed E-state index contributed by atoms with van der Waals surface area (Å²) in [7, 11) is 0. The van der Waals surface area contributed by atoms with E-state index in [2.05, 4.69) is 27.1 Å². The highest BCUT2D eigenvalue weighted by molar-refractivity contribution is 6.03. The molecule has 5 nitrogen and oxygen atoms in total. The second-order valence-electron chi connectivity index (χ2n) is 4.52. The molecule has 92 valence electrons. The summed E-state index contributed by atoms with van der Waals surface area (Å²) in [5.41, 5.74) is 7.00. The first-order valence-electron chi connectivity index (χ1n) is 6.05. The Kier molecular flexibility index (Phi) is 2.59. The molecule has 3 rings (SSSR count). The Hall–Kier alpha value is -2.17. The molecule has 2 heterocycles. The van der Waals surface area contributed by atoms with Crippen molar-refractivity contribution in [1.29, 1.82) is 0 Å². The van der Waals surface area contributed by atoms with Gasteiger partial charge in [0.2, 0.25) is 0 Å². The Balaban J connectivity index is 2.07. The number of amides is 1. The van der Waals surface area contributed by atoms with E-state index < -0.39 is 5.91 Å². The lowest BCUT2D eigenvalue weighted by Gasteiger charge is -2.14. The number of allylic oxidation sites excluding steroid dienone is 2. The molecule has 2 aromatic heterocycles. The summed E-state index contributed by atoms with van der Waals surface area (Å²) in [4.78, 5) is 23.2. The maximum atomic E-state index is 11.3. The van der Waals surface area contributed by atoms with Crippen LogP contribution in [0.15, 0.2) is 24.4 Å². The summed E-state index contributed by atoms with van der Waals surface area (Å²) in [5, 5.41) is 0. The minimum Gasteiger partial charge on any atom is -0.366 e. The highest BCUT2D eigenvalue weighted by atomic mass is 16.1. The van der Waals surface area contributed by atoms with E-state index in [0.29, 0.717) is 22.6 Å². The molecule has 0 spiro atoms. The van der Waals surface area contributed by atoms with Gasteiger partial charge >= 0.3 is 0 Å². The molecule has 0 radical (unpaired) electrons. The molecule has 1 unspecified atom stereocenters. The van der Waals surface area contributed by atoms with Crippen LogP contribution in [0.4, 0.5) is 0 Å². The first-order chi connectivity index (χ1) is 8.75. The quantitative estimate of drug-likeness (QED) is 0.788. The third-order valence-corrected chi connectivity index (χ3v) is 3.33. The number of nitrogens with zero attached hydrogens (tertiary/aromatic N) is 2. The van der Waals surface area contributed by atoms with E-state index in [-0.39, 0.29) is 0 Å². The third-order valence-electron chi connectivity index (χ3n) is 3.33. The molecular weight excluding hydrogens is 228 g/mol. The van der Waals surface area contributed by atoms with Gasteiger partial charge in [-0.2, -0.15) is 0 Å². The number of nitrogens with two attached hydrogens (primary N) is 1. The number of nitrogens with one attached hydrogen (secondary N) is 1. The van der Waals surface area contributed by atoms with E-state index in [1.54, 1.807) is 12.3 Å². The number of aromatic amines is 1. The van der Waals surface area contributed by atoms with E-state index in [9.17, 15) is 4.79 Å². The minimum absolute atomic E-state index is 0.380. The summed E-state index contributed by atoms with van der Waals surface area (Å²) < 4.78 is 0. The summed E-state index contributed by atoms with van der Waals surface area (Å²) >= 11 is 0. The molecule has 0 bridgehead atoms. The molecule has 0 fully saturated rings. The number of rotatable bonds is 2. The average Bonchev–Trinajstić information content (AvgIpc) is 2.83. The maximum Gasteiger partial charge on any atom is 0.251 e. The molecule has 1 amide bonds. The van der Waals surface area contributed by atoms with Gasteiger partial charge in [-0.3, -0.25) is 4.79 Å². The van der Waals surface area contributed by atoms with Crippen LogP contribution >= 0.6 is 0 Å². The van der Waals surface area contributed by atoms with Crippen molar-refractivity contribution < 1.29 is 4.79 Å². The highest BCUT2D eigenvalue weighted by Gasteiger charge is 2.18. The van der Waals surface area contributed by atoms with Gasteiger partial charge in [-0.15, -0.1) is 0 Å². The van der Waals surface area contributed by atoms with Crippen molar-refractivity contribution in [3.05, 3.63) is 35.8 Å². The number of H-pyrrole nitrogens is 1. The Morgan fingerprint density at radius 2 is 2.33 bits per heavy atom. The highest BCUT2D eigenvalue weighted by Crippen LogP contribution is 2.28. The maximum absolute atomic E-state index is 11.3. The van der Waals surface area contributed by atoms with Crippen LogP contribution in [-0.2, 0) is 0 Å². The third kappa shape index (κ3) is 1.77. The first kappa shape index (κ1) is 11.0. The van der Waals surface area contributed by atoms with E-state index in [0.717, 1.165) is 25.1 Å². The van der Waals surface area contributed by atoms with Crippen LogP contribution in [0.3, 0.4) is 0 Å². The molecule has 1 aliphatic carbocycles. The van der Waals surface area contributed by atoms with Crippen molar-refractivity contribution >= 4 is 17.1 Å². The number of primary amides is 1. The van der Waals surface area contributed by atoms with Gasteiger partial charge in [-0.25, -0.2) is 9.97 Å². The van der Waals surface area contributed by atoms with Crippen molar-refractivity contribution in [1.82, 2.24) is 15.0 Å². The zero-order valence-corrected chi connectivity index (χ0v) is 9.89. The number of pyridine rings is 1. The van der Waals surface area contributed by atoms with Crippen LogP contribution in [0.2, 0.25) is 0 Å². The molecule has 0 aliphatic heterocycles. The SMILES string of the molecule is NC(=O)c1ccnc2nc(C3CC=CCC3)[nH]c12. The van der Waals surface area contributed by atoms with Gasteiger partial charge in [0.05, 0.1) is 11.1 Å². The number of hydrogen-bond donors (Lipinski definition) is 2. The van der Waals surface area contributed by atoms with Crippen molar-refractivity contribution in [3.8, 4) is 0 Å². The topological polar surface area (TPSA) is 84.7 Å². The average molecular weight is 242 g/mol. The Labute approximate surface area is 104 Å². The molecule has 0 saturated heterocycles. The van der Waals surface area contributed by atoms with Gasteiger partial charge in [0.15, 0.2) is 5.65 Å². The number of carbonyl (C=O) groups excluding carboxylic acids is 1. The standard InChI is InChI=1S/C13H14N4O/c14-11(18)9-6-7-15-13-10(9)16-12(17-13)8-4-2-1-3-5-8/h1-2,6-8H,3-5H2,(H2,14,18)(H,15,16,17). The van der Waals surface area contributed by atoms with Crippen molar-refractivity contribution in [2.45, 2.75) is 25.2 Å². The fourth-order valence-corrected chi connectivity index (χ4v) is 2.37.